The van der Waals surface area contributed by atoms with Crippen molar-refractivity contribution in [1.82, 2.24) is 0 Å². The van der Waals surface area contributed by atoms with Crippen LogP contribution in [-0.4, -0.2) is 10.8 Å². The van der Waals surface area contributed by atoms with E-state index in [1.165, 1.54) is 5.56 Å². The van der Waals surface area contributed by atoms with E-state index >= 15 is 0 Å². The van der Waals surface area contributed by atoms with Crippen molar-refractivity contribution in [2.45, 2.75) is 31.7 Å². The van der Waals surface area contributed by atoms with E-state index in [1.54, 1.807) is 0 Å². The highest BCUT2D eigenvalue weighted by Gasteiger charge is 2.19. The maximum atomic E-state index is 11.6. The molecule has 0 fully saturated rings. The third-order valence-electron chi connectivity index (χ3n) is 2.59. The molecule has 0 aliphatic heterocycles. The Labute approximate surface area is 117 Å². The molecule has 1 rings (SSSR count). The summed E-state index contributed by atoms with van der Waals surface area (Å²) < 4.78 is 5.25. The number of carbonyl (C=O) groups is 1. The van der Waals surface area contributed by atoms with E-state index in [0.717, 1.165) is 12.0 Å². The van der Waals surface area contributed by atoms with E-state index < -0.39 is 0 Å². The molecule has 0 bridgehead atoms. The van der Waals surface area contributed by atoms with E-state index in [4.69, 9.17) is 4.74 Å². The van der Waals surface area contributed by atoms with E-state index in [0.29, 0.717) is 6.61 Å². The lowest BCUT2D eigenvalue weighted by Gasteiger charge is -2.13. The molecule has 0 radical (unpaired) electrons. The van der Waals surface area contributed by atoms with Crippen LogP contribution in [0.5, 0.6) is 0 Å². The number of carbonyl (C=O) groups excluding carboxylic acids is 1. The Kier molecular flexibility index (Phi) is 6.13. The molecule has 1 unspecified atom stereocenters. The number of benzene rings is 1. The summed E-state index contributed by atoms with van der Waals surface area (Å²) in [6.45, 7) is 7.97. The molecule has 0 amide bonds. The minimum absolute atomic E-state index is 0.208. The topological polar surface area (TPSA) is 26.3 Å². The third-order valence-corrected chi connectivity index (χ3v) is 4.03. The predicted molar refractivity (Wildman–Crippen MR) is 77.7 cm³/mol. The first-order valence-electron chi connectivity index (χ1n) is 6.04. The van der Waals surface area contributed by atoms with Crippen LogP contribution < -0.4 is 0 Å². The van der Waals surface area contributed by atoms with Gasteiger partial charge in [-0.25, -0.2) is 0 Å². The SMILES string of the molecule is C=CCc1ccc(COC(=O)C(Br)C(C)C)cc1. The molecule has 3 heteroatoms. The van der Waals surface area contributed by atoms with Crippen LogP contribution in [0.15, 0.2) is 36.9 Å². The molecule has 0 saturated heterocycles. The molecule has 1 aromatic carbocycles. The number of hydrogen-bond donors (Lipinski definition) is 0. The van der Waals surface area contributed by atoms with Crippen LogP contribution in [0.1, 0.15) is 25.0 Å². The lowest BCUT2D eigenvalue weighted by molar-refractivity contribution is -0.144. The smallest absolute Gasteiger partial charge is 0.320 e. The second kappa shape index (κ2) is 7.37. The van der Waals surface area contributed by atoms with Gasteiger partial charge in [-0.2, -0.15) is 0 Å². The fraction of sp³-hybridized carbons (Fsp3) is 0.400. The minimum Gasteiger partial charge on any atom is -0.460 e. The summed E-state index contributed by atoms with van der Waals surface area (Å²) >= 11 is 3.33. The zero-order valence-corrected chi connectivity index (χ0v) is 12.4. The van der Waals surface area contributed by atoms with Crippen LogP contribution in [0.3, 0.4) is 0 Å². The van der Waals surface area contributed by atoms with Crippen molar-refractivity contribution in [3.63, 3.8) is 0 Å². The summed E-state index contributed by atoms with van der Waals surface area (Å²) in [6, 6.07) is 8.01. The normalized spacial score (nSPS) is 12.2. The van der Waals surface area contributed by atoms with Gasteiger partial charge in [0.2, 0.25) is 0 Å². The molecule has 0 N–H and O–H groups in total. The first-order valence-corrected chi connectivity index (χ1v) is 6.95. The Balaban J connectivity index is 2.48. The number of rotatable bonds is 6. The molecule has 18 heavy (non-hydrogen) atoms. The fourth-order valence-corrected chi connectivity index (χ4v) is 1.58. The van der Waals surface area contributed by atoms with Crippen molar-refractivity contribution in [3.8, 4) is 0 Å². The van der Waals surface area contributed by atoms with Crippen molar-refractivity contribution in [3.05, 3.63) is 48.0 Å². The molecule has 0 saturated carbocycles. The van der Waals surface area contributed by atoms with Crippen LogP contribution >= 0.6 is 15.9 Å². The standard InChI is InChI=1S/C15H19BrO2/c1-4-5-12-6-8-13(9-7-12)10-18-15(17)14(16)11(2)3/h4,6-9,11,14H,1,5,10H2,2-3H3. The van der Waals surface area contributed by atoms with Gasteiger partial charge in [0.1, 0.15) is 11.4 Å². The van der Waals surface area contributed by atoms with Crippen molar-refractivity contribution in [1.29, 1.82) is 0 Å². The summed E-state index contributed by atoms with van der Waals surface area (Å²) in [7, 11) is 0. The molecule has 2 nitrogen and oxygen atoms in total. The summed E-state index contributed by atoms with van der Waals surface area (Å²) in [5.74, 6) is 0.0210. The average molecular weight is 311 g/mol. The Morgan fingerprint density at radius 1 is 1.33 bits per heavy atom. The van der Waals surface area contributed by atoms with Gasteiger partial charge >= 0.3 is 5.97 Å². The van der Waals surface area contributed by atoms with Crippen molar-refractivity contribution < 1.29 is 9.53 Å². The molecule has 1 atom stereocenters. The quantitative estimate of drug-likeness (QED) is 0.453. The molecule has 0 aliphatic rings. The van der Waals surface area contributed by atoms with Gasteiger partial charge in [-0.05, 0) is 23.5 Å². The van der Waals surface area contributed by atoms with E-state index in [2.05, 4.69) is 22.5 Å². The Bertz CT molecular complexity index is 395. The Hall–Kier alpha value is -1.09. The first-order chi connectivity index (χ1) is 8.54. The Morgan fingerprint density at radius 2 is 1.89 bits per heavy atom. The van der Waals surface area contributed by atoms with E-state index in [1.807, 2.05) is 44.2 Å². The highest BCUT2D eigenvalue weighted by atomic mass is 79.9. The molecule has 98 valence electrons. The van der Waals surface area contributed by atoms with Crippen molar-refractivity contribution >= 4 is 21.9 Å². The van der Waals surface area contributed by atoms with Crippen LogP contribution in [0.4, 0.5) is 0 Å². The lowest BCUT2D eigenvalue weighted by atomic mass is 10.1. The maximum Gasteiger partial charge on any atom is 0.320 e. The van der Waals surface area contributed by atoms with Crippen LogP contribution in [0.2, 0.25) is 0 Å². The van der Waals surface area contributed by atoms with Crippen molar-refractivity contribution in [2.75, 3.05) is 0 Å². The van der Waals surface area contributed by atoms with Gasteiger partial charge in [0.15, 0.2) is 0 Å². The summed E-state index contributed by atoms with van der Waals surface area (Å²) in [5, 5.41) is 0. The molecule has 0 aliphatic carbocycles. The lowest BCUT2D eigenvalue weighted by Crippen LogP contribution is -2.22. The number of alkyl halides is 1. The van der Waals surface area contributed by atoms with Crippen LogP contribution in [0, 0.1) is 5.92 Å². The number of hydrogen-bond acceptors (Lipinski definition) is 2. The average Bonchev–Trinajstić information content (AvgIpc) is 2.37. The number of allylic oxidation sites excluding steroid dienone is 1. The van der Waals surface area contributed by atoms with Gasteiger partial charge < -0.3 is 4.74 Å². The predicted octanol–water partition coefficient (Wildman–Crippen LogP) is 3.88. The van der Waals surface area contributed by atoms with Gasteiger partial charge in [-0.3, -0.25) is 4.79 Å². The van der Waals surface area contributed by atoms with Crippen molar-refractivity contribution in [2.24, 2.45) is 5.92 Å². The Morgan fingerprint density at radius 3 is 2.39 bits per heavy atom. The summed E-state index contributed by atoms with van der Waals surface area (Å²) in [5.41, 5.74) is 2.21. The molecule has 0 aromatic heterocycles. The largest absolute Gasteiger partial charge is 0.460 e. The number of esters is 1. The summed E-state index contributed by atoms with van der Waals surface area (Å²) in [6.07, 6.45) is 2.73. The number of halogens is 1. The highest BCUT2D eigenvalue weighted by molar-refractivity contribution is 9.10. The van der Waals surface area contributed by atoms with Gasteiger partial charge in [0.05, 0.1) is 0 Å². The maximum absolute atomic E-state index is 11.6. The molecule has 0 heterocycles. The van der Waals surface area contributed by atoms with Crippen LogP contribution in [0.25, 0.3) is 0 Å². The molecular formula is C15H19BrO2. The van der Waals surface area contributed by atoms with Gasteiger partial charge in [-0.15, -0.1) is 6.58 Å². The zero-order chi connectivity index (χ0) is 13.5. The number of ether oxygens (including phenoxy) is 1. The molecule has 1 aromatic rings. The third kappa shape index (κ3) is 4.65. The van der Waals surface area contributed by atoms with Gasteiger partial charge in [-0.1, -0.05) is 60.1 Å². The summed E-state index contributed by atoms with van der Waals surface area (Å²) in [4.78, 5) is 11.4. The van der Waals surface area contributed by atoms with E-state index in [-0.39, 0.29) is 16.7 Å². The van der Waals surface area contributed by atoms with Crippen LogP contribution in [-0.2, 0) is 22.6 Å². The molecular weight excluding hydrogens is 292 g/mol. The minimum atomic E-state index is -0.238. The fourth-order valence-electron chi connectivity index (χ4n) is 1.44. The van der Waals surface area contributed by atoms with Gasteiger partial charge in [0, 0.05) is 0 Å². The zero-order valence-electron chi connectivity index (χ0n) is 10.9. The monoisotopic (exact) mass is 310 g/mol. The highest BCUT2D eigenvalue weighted by Crippen LogP contribution is 2.15. The molecule has 0 spiro atoms. The van der Waals surface area contributed by atoms with E-state index in [9.17, 15) is 4.79 Å². The second-order valence-corrected chi connectivity index (χ2v) is 5.55. The van der Waals surface area contributed by atoms with Gasteiger partial charge in [0.25, 0.3) is 0 Å². The first kappa shape index (κ1) is 15.0. The second-order valence-electron chi connectivity index (χ2n) is 4.56.